The van der Waals surface area contributed by atoms with E-state index in [0.29, 0.717) is 17.8 Å². The molecule has 0 fully saturated rings. The van der Waals surface area contributed by atoms with Crippen LogP contribution in [0, 0.1) is 10.1 Å². The number of non-ortho nitro benzene ring substituents is 1. The Bertz CT molecular complexity index is 993. The van der Waals surface area contributed by atoms with Crippen molar-refractivity contribution < 1.29 is 19.2 Å². The van der Waals surface area contributed by atoms with E-state index in [1.165, 1.54) is 43.4 Å². The molecule has 0 saturated heterocycles. The second kappa shape index (κ2) is 9.26. The molecule has 0 N–H and O–H groups in total. The van der Waals surface area contributed by atoms with Crippen molar-refractivity contribution in [3.05, 3.63) is 67.4 Å². The van der Waals surface area contributed by atoms with Crippen molar-refractivity contribution in [3.63, 3.8) is 0 Å². The van der Waals surface area contributed by atoms with Gasteiger partial charge in [-0.15, -0.1) is 0 Å². The molecule has 7 nitrogen and oxygen atoms in total. The van der Waals surface area contributed by atoms with Gasteiger partial charge in [0.05, 0.1) is 23.2 Å². The van der Waals surface area contributed by atoms with Gasteiger partial charge >= 0.3 is 5.97 Å². The monoisotopic (exact) mass is 430 g/mol. The maximum atomic E-state index is 13.2. The highest BCUT2D eigenvalue weighted by Crippen LogP contribution is 2.34. The summed E-state index contributed by atoms with van der Waals surface area (Å²) in [5.74, 6) is -0.972. The van der Waals surface area contributed by atoms with Crippen LogP contribution in [0.15, 0.2) is 46.7 Å². The lowest BCUT2D eigenvalue weighted by atomic mass is 9.97. The molecule has 0 aromatic heterocycles. The molecule has 0 bridgehead atoms. The molecule has 0 radical (unpaired) electrons. The molecule has 1 heterocycles. The van der Waals surface area contributed by atoms with E-state index in [4.69, 9.17) is 16.3 Å². The number of carbonyl (C=O) groups is 2. The van der Waals surface area contributed by atoms with Gasteiger partial charge in [0.25, 0.3) is 11.6 Å². The second-order valence-corrected chi connectivity index (χ2v) is 7.70. The summed E-state index contributed by atoms with van der Waals surface area (Å²) >= 11 is 6.19. The molecule has 0 spiro atoms. The predicted octanol–water partition coefficient (Wildman–Crippen LogP) is 4.81. The number of amides is 1. The largest absolute Gasteiger partial charge is 0.465 e. The fourth-order valence-corrected chi connectivity index (χ4v) is 3.97. The number of nitro groups is 1. The first-order valence-electron chi connectivity index (χ1n) is 9.78. The number of ether oxygens (including phenoxy) is 1. The summed E-state index contributed by atoms with van der Waals surface area (Å²) in [6, 6.07) is 3.96. The number of nitrogens with zero attached hydrogens (tertiary/aromatic N) is 2. The Labute approximate surface area is 179 Å². The summed E-state index contributed by atoms with van der Waals surface area (Å²) < 4.78 is 4.89. The predicted molar refractivity (Wildman–Crippen MR) is 114 cm³/mol. The third-order valence-corrected chi connectivity index (χ3v) is 5.78. The third kappa shape index (κ3) is 4.46. The van der Waals surface area contributed by atoms with E-state index in [9.17, 15) is 19.7 Å². The molecule has 1 aliphatic heterocycles. The van der Waals surface area contributed by atoms with E-state index in [-0.39, 0.29) is 27.8 Å². The van der Waals surface area contributed by atoms with Crippen LogP contribution in [0.4, 0.5) is 5.69 Å². The van der Waals surface area contributed by atoms with Crippen LogP contribution < -0.4 is 0 Å². The van der Waals surface area contributed by atoms with Crippen LogP contribution >= 0.6 is 11.6 Å². The lowest BCUT2D eigenvalue weighted by molar-refractivity contribution is -0.384. The summed E-state index contributed by atoms with van der Waals surface area (Å²) in [6.45, 7) is 2.16. The van der Waals surface area contributed by atoms with Gasteiger partial charge in [0.1, 0.15) is 0 Å². The minimum atomic E-state index is -0.631. The van der Waals surface area contributed by atoms with E-state index in [1.54, 1.807) is 11.8 Å². The van der Waals surface area contributed by atoms with Crippen molar-refractivity contribution in [2.24, 2.45) is 0 Å². The summed E-state index contributed by atoms with van der Waals surface area (Å²) in [4.78, 5) is 37.7. The van der Waals surface area contributed by atoms with E-state index in [2.05, 4.69) is 6.08 Å². The highest BCUT2D eigenvalue weighted by molar-refractivity contribution is 6.32. The van der Waals surface area contributed by atoms with Crippen LogP contribution in [0.3, 0.4) is 0 Å². The van der Waals surface area contributed by atoms with E-state index in [1.807, 2.05) is 0 Å². The number of esters is 1. The van der Waals surface area contributed by atoms with Crippen LogP contribution in [0.2, 0.25) is 5.02 Å². The van der Waals surface area contributed by atoms with Crippen LogP contribution in [0.5, 0.6) is 0 Å². The quantitative estimate of drug-likeness (QED) is 0.212. The lowest BCUT2D eigenvalue weighted by Crippen LogP contribution is -2.26. The van der Waals surface area contributed by atoms with Crippen molar-refractivity contribution in [1.29, 1.82) is 0 Å². The lowest BCUT2D eigenvalue weighted by Gasteiger charge is -2.20. The Morgan fingerprint density at radius 2 is 2.13 bits per heavy atom. The molecule has 1 aliphatic carbocycles. The van der Waals surface area contributed by atoms with Crippen molar-refractivity contribution in [1.82, 2.24) is 4.90 Å². The molecule has 0 atom stereocenters. The highest BCUT2D eigenvalue weighted by Gasteiger charge is 2.37. The van der Waals surface area contributed by atoms with Gasteiger partial charge in [-0.05, 0) is 51.2 Å². The molecule has 1 aromatic rings. The topological polar surface area (TPSA) is 89.8 Å². The molecule has 1 amide bonds. The maximum absolute atomic E-state index is 13.2. The smallest absolute Gasteiger partial charge is 0.340 e. The van der Waals surface area contributed by atoms with Crippen molar-refractivity contribution >= 4 is 35.2 Å². The molecule has 2 aliphatic rings. The SMILES string of the molecule is COC(=O)C1=C(C)N(CCC2=CCCCC2)C(=O)C1=Cc1cc([N+](=O)[O-])ccc1Cl. The van der Waals surface area contributed by atoms with Gasteiger partial charge in [-0.1, -0.05) is 23.3 Å². The minimum Gasteiger partial charge on any atom is -0.465 e. The van der Waals surface area contributed by atoms with Crippen LogP contribution in [-0.4, -0.2) is 35.4 Å². The van der Waals surface area contributed by atoms with E-state index < -0.39 is 10.9 Å². The molecule has 30 heavy (non-hydrogen) atoms. The number of carbonyl (C=O) groups excluding carboxylic acids is 2. The summed E-state index contributed by atoms with van der Waals surface area (Å²) in [5, 5.41) is 11.3. The maximum Gasteiger partial charge on any atom is 0.340 e. The van der Waals surface area contributed by atoms with Crippen LogP contribution in [0.1, 0.15) is 44.6 Å². The number of methoxy groups -OCH3 is 1. The summed E-state index contributed by atoms with van der Waals surface area (Å²) in [6.07, 6.45) is 8.81. The van der Waals surface area contributed by atoms with Gasteiger partial charge in [-0.2, -0.15) is 0 Å². The van der Waals surface area contributed by atoms with Gasteiger partial charge in [-0.3, -0.25) is 14.9 Å². The average molecular weight is 431 g/mol. The van der Waals surface area contributed by atoms with Crippen molar-refractivity contribution in [2.45, 2.75) is 39.0 Å². The number of hydrogen-bond acceptors (Lipinski definition) is 5. The summed E-state index contributed by atoms with van der Waals surface area (Å²) in [5.41, 5.74) is 2.25. The zero-order valence-corrected chi connectivity index (χ0v) is 17.7. The molecule has 158 valence electrons. The molecule has 0 unspecified atom stereocenters. The minimum absolute atomic E-state index is 0.124. The zero-order valence-electron chi connectivity index (χ0n) is 16.9. The van der Waals surface area contributed by atoms with Gasteiger partial charge in [0, 0.05) is 35.0 Å². The number of nitro benzene ring substituents is 1. The zero-order chi connectivity index (χ0) is 21.8. The number of benzene rings is 1. The second-order valence-electron chi connectivity index (χ2n) is 7.29. The fourth-order valence-electron chi connectivity index (χ4n) is 3.80. The standard InChI is InChI=1S/C22H23ClN2O5/c1-14-20(22(27)30-2)18(13-16-12-17(25(28)29)8-9-19(16)23)21(26)24(14)11-10-15-6-4-3-5-7-15/h6,8-9,12-13H,3-5,7,10-11H2,1-2H3. The van der Waals surface area contributed by atoms with E-state index >= 15 is 0 Å². The van der Waals surface area contributed by atoms with Crippen molar-refractivity contribution in [3.8, 4) is 0 Å². The normalized spacial score (nSPS) is 18.1. The number of allylic oxidation sites excluding steroid dienone is 2. The highest BCUT2D eigenvalue weighted by atomic mass is 35.5. The molecular weight excluding hydrogens is 408 g/mol. The Hall–Kier alpha value is -2.93. The molecule has 8 heteroatoms. The van der Waals surface area contributed by atoms with E-state index in [0.717, 1.165) is 25.7 Å². The number of rotatable bonds is 6. The molecule has 0 saturated carbocycles. The first kappa shape index (κ1) is 21.8. The Balaban J connectivity index is 1.97. The van der Waals surface area contributed by atoms with Crippen LogP contribution in [0.25, 0.3) is 6.08 Å². The van der Waals surface area contributed by atoms with Gasteiger partial charge in [0.15, 0.2) is 0 Å². The third-order valence-electron chi connectivity index (χ3n) is 5.43. The van der Waals surface area contributed by atoms with Gasteiger partial charge < -0.3 is 9.64 Å². The van der Waals surface area contributed by atoms with Crippen LogP contribution in [-0.2, 0) is 14.3 Å². The molecule has 3 rings (SSSR count). The fraction of sp³-hybridized carbons (Fsp3) is 0.364. The molecular formula is C22H23ClN2O5. The van der Waals surface area contributed by atoms with Gasteiger partial charge in [-0.25, -0.2) is 4.79 Å². The van der Waals surface area contributed by atoms with Gasteiger partial charge in [0.2, 0.25) is 0 Å². The average Bonchev–Trinajstić information content (AvgIpc) is 2.97. The summed E-state index contributed by atoms with van der Waals surface area (Å²) in [7, 11) is 1.25. The Morgan fingerprint density at radius 3 is 2.77 bits per heavy atom. The Kier molecular flexibility index (Phi) is 6.72. The first-order chi connectivity index (χ1) is 14.3. The Morgan fingerprint density at radius 1 is 1.37 bits per heavy atom. The number of hydrogen-bond donors (Lipinski definition) is 0. The molecule has 1 aromatic carbocycles. The number of halogens is 1. The van der Waals surface area contributed by atoms with Crippen molar-refractivity contribution in [2.75, 3.05) is 13.7 Å². The first-order valence-corrected chi connectivity index (χ1v) is 10.2.